The first-order valence-corrected chi connectivity index (χ1v) is 7.47. The summed E-state index contributed by atoms with van der Waals surface area (Å²) in [5.74, 6) is 0. The standard InChI is InChI=1S/C14H26N2O2/c1-17-13-6-7-16(9-13)10-14-5-4-12(18-14)8-15-11-2-3-11/h11-15H,2-10H2,1H3. The maximum absolute atomic E-state index is 6.13. The van der Waals surface area contributed by atoms with E-state index in [1.807, 2.05) is 7.11 Å². The van der Waals surface area contributed by atoms with Gasteiger partial charge in [-0.25, -0.2) is 0 Å². The number of hydrogen-bond donors (Lipinski definition) is 1. The number of methoxy groups -OCH3 is 1. The average Bonchev–Trinajstić information content (AvgIpc) is 2.93. The lowest BCUT2D eigenvalue weighted by molar-refractivity contribution is 0.0237. The van der Waals surface area contributed by atoms with Gasteiger partial charge in [0.15, 0.2) is 0 Å². The molecule has 3 fully saturated rings. The summed E-state index contributed by atoms with van der Waals surface area (Å²) in [4.78, 5) is 2.50. The second-order valence-electron chi connectivity index (χ2n) is 6.05. The van der Waals surface area contributed by atoms with E-state index in [9.17, 15) is 0 Å². The van der Waals surface area contributed by atoms with E-state index in [-0.39, 0.29) is 0 Å². The molecule has 2 aliphatic heterocycles. The van der Waals surface area contributed by atoms with Crippen molar-refractivity contribution >= 4 is 0 Å². The second-order valence-corrected chi connectivity index (χ2v) is 6.05. The summed E-state index contributed by atoms with van der Waals surface area (Å²) >= 11 is 0. The Balaban J connectivity index is 1.34. The van der Waals surface area contributed by atoms with Gasteiger partial charge in [0.2, 0.25) is 0 Å². The zero-order valence-corrected chi connectivity index (χ0v) is 11.4. The summed E-state index contributed by atoms with van der Waals surface area (Å²) in [6.45, 7) is 4.41. The summed E-state index contributed by atoms with van der Waals surface area (Å²) in [5.41, 5.74) is 0. The highest BCUT2D eigenvalue weighted by atomic mass is 16.5. The van der Waals surface area contributed by atoms with Gasteiger partial charge < -0.3 is 14.8 Å². The SMILES string of the molecule is COC1CCN(CC2CCC(CNC3CC3)O2)C1. The molecule has 0 bridgehead atoms. The molecule has 104 valence electrons. The molecule has 1 aliphatic carbocycles. The van der Waals surface area contributed by atoms with Crippen LogP contribution in [0.3, 0.4) is 0 Å². The van der Waals surface area contributed by atoms with Crippen molar-refractivity contribution in [1.82, 2.24) is 10.2 Å². The van der Waals surface area contributed by atoms with Crippen LogP contribution in [0.1, 0.15) is 32.1 Å². The predicted molar refractivity (Wildman–Crippen MR) is 70.8 cm³/mol. The molecule has 2 heterocycles. The maximum Gasteiger partial charge on any atom is 0.0710 e. The summed E-state index contributed by atoms with van der Waals surface area (Å²) in [6.07, 6.45) is 7.71. The van der Waals surface area contributed by atoms with Crippen molar-refractivity contribution < 1.29 is 9.47 Å². The first kappa shape index (κ1) is 12.9. The first-order chi connectivity index (χ1) is 8.83. The van der Waals surface area contributed by atoms with Crippen LogP contribution in [-0.2, 0) is 9.47 Å². The molecule has 0 spiro atoms. The fourth-order valence-corrected chi connectivity index (χ4v) is 3.09. The minimum atomic E-state index is 0.443. The van der Waals surface area contributed by atoms with Gasteiger partial charge in [0.25, 0.3) is 0 Å². The van der Waals surface area contributed by atoms with Gasteiger partial charge in [-0.1, -0.05) is 0 Å². The zero-order chi connectivity index (χ0) is 12.4. The molecule has 3 aliphatic rings. The van der Waals surface area contributed by atoms with Crippen molar-refractivity contribution in [2.45, 2.75) is 56.5 Å². The molecule has 4 heteroatoms. The van der Waals surface area contributed by atoms with E-state index >= 15 is 0 Å². The van der Waals surface area contributed by atoms with Gasteiger partial charge in [-0.15, -0.1) is 0 Å². The molecule has 1 saturated carbocycles. The Morgan fingerprint density at radius 1 is 1.17 bits per heavy atom. The normalized spacial score (nSPS) is 37.5. The smallest absolute Gasteiger partial charge is 0.0710 e. The molecule has 1 N–H and O–H groups in total. The monoisotopic (exact) mass is 254 g/mol. The minimum Gasteiger partial charge on any atom is -0.380 e. The molecule has 0 aromatic heterocycles. The number of nitrogens with zero attached hydrogens (tertiary/aromatic N) is 1. The van der Waals surface area contributed by atoms with Crippen LogP contribution >= 0.6 is 0 Å². The van der Waals surface area contributed by atoms with E-state index in [0.717, 1.165) is 25.7 Å². The molecular formula is C14H26N2O2. The highest BCUT2D eigenvalue weighted by Gasteiger charge is 2.31. The quantitative estimate of drug-likeness (QED) is 0.767. The third kappa shape index (κ3) is 3.44. The number of hydrogen-bond acceptors (Lipinski definition) is 4. The van der Waals surface area contributed by atoms with Crippen LogP contribution in [-0.4, -0.2) is 62.5 Å². The Hall–Kier alpha value is -0.160. The van der Waals surface area contributed by atoms with Gasteiger partial charge in [-0.05, 0) is 32.1 Å². The van der Waals surface area contributed by atoms with Crippen molar-refractivity contribution in [3.63, 3.8) is 0 Å². The van der Waals surface area contributed by atoms with Crippen LogP contribution < -0.4 is 5.32 Å². The molecule has 18 heavy (non-hydrogen) atoms. The molecular weight excluding hydrogens is 228 g/mol. The fraction of sp³-hybridized carbons (Fsp3) is 1.00. The molecule has 0 aromatic carbocycles. The van der Waals surface area contributed by atoms with Gasteiger partial charge in [0.1, 0.15) is 0 Å². The van der Waals surface area contributed by atoms with E-state index < -0.39 is 0 Å². The Morgan fingerprint density at radius 2 is 2.00 bits per heavy atom. The largest absolute Gasteiger partial charge is 0.380 e. The highest BCUT2D eigenvalue weighted by molar-refractivity contribution is 4.85. The third-order valence-corrected chi connectivity index (χ3v) is 4.43. The van der Waals surface area contributed by atoms with Crippen LogP contribution in [0, 0.1) is 0 Å². The van der Waals surface area contributed by atoms with Gasteiger partial charge >= 0.3 is 0 Å². The number of rotatable bonds is 6. The van der Waals surface area contributed by atoms with E-state index in [1.54, 1.807) is 0 Å². The summed E-state index contributed by atoms with van der Waals surface area (Å²) in [6, 6.07) is 0.800. The van der Waals surface area contributed by atoms with Crippen molar-refractivity contribution in [2.75, 3.05) is 33.3 Å². The fourth-order valence-electron chi connectivity index (χ4n) is 3.09. The molecule has 0 radical (unpaired) electrons. The Bertz CT molecular complexity index is 271. The van der Waals surface area contributed by atoms with Gasteiger partial charge in [-0.3, -0.25) is 4.90 Å². The molecule has 2 saturated heterocycles. The van der Waals surface area contributed by atoms with Crippen molar-refractivity contribution in [3.05, 3.63) is 0 Å². The van der Waals surface area contributed by atoms with Crippen LogP contribution in [0.4, 0.5) is 0 Å². The average molecular weight is 254 g/mol. The van der Waals surface area contributed by atoms with Crippen LogP contribution in [0.5, 0.6) is 0 Å². The lowest BCUT2D eigenvalue weighted by Crippen LogP contribution is -2.33. The lowest BCUT2D eigenvalue weighted by atomic mass is 10.2. The molecule has 0 aromatic rings. The second kappa shape index (κ2) is 5.87. The summed E-state index contributed by atoms with van der Waals surface area (Å²) in [5, 5.41) is 3.57. The molecule has 3 rings (SSSR count). The Labute approximate surface area is 110 Å². The van der Waals surface area contributed by atoms with E-state index in [0.29, 0.717) is 18.3 Å². The van der Waals surface area contributed by atoms with Crippen LogP contribution in [0.25, 0.3) is 0 Å². The third-order valence-electron chi connectivity index (χ3n) is 4.43. The Morgan fingerprint density at radius 3 is 2.72 bits per heavy atom. The molecule has 3 unspecified atom stereocenters. The van der Waals surface area contributed by atoms with Crippen LogP contribution in [0.15, 0.2) is 0 Å². The van der Waals surface area contributed by atoms with Crippen molar-refractivity contribution in [3.8, 4) is 0 Å². The van der Waals surface area contributed by atoms with Gasteiger partial charge in [0, 0.05) is 39.3 Å². The Kier molecular flexibility index (Phi) is 4.19. The minimum absolute atomic E-state index is 0.443. The molecule has 3 atom stereocenters. The molecule has 4 nitrogen and oxygen atoms in total. The summed E-state index contributed by atoms with van der Waals surface area (Å²) in [7, 11) is 1.82. The summed E-state index contributed by atoms with van der Waals surface area (Å²) < 4.78 is 11.5. The zero-order valence-electron chi connectivity index (χ0n) is 11.4. The van der Waals surface area contributed by atoms with Gasteiger partial charge in [-0.2, -0.15) is 0 Å². The number of nitrogens with one attached hydrogen (secondary N) is 1. The highest BCUT2D eigenvalue weighted by Crippen LogP contribution is 2.24. The van der Waals surface area contributed by atoms with Gasteiger partial charge in [0.05, 0.1) is 18.3 Å². The van der Waals surface area contributed by atoms with E-state index in [2.05, 4.69) is 10.2 Å². The maximum atomic E-state index is 6.13. The topological polar surface area (TPSA) is 33.7 Å². The first-order valence-electron chi connectivity index (χ1n) is 7.47. The number of likely N-dealkylation sites (tertiary alicyclic amines) is 1. The number of ether oxygens (including phenoxy) is 2. The van der Waals surface area contributed by atoms with Crippen LogP contribution in [0.2, 0.25) is 0 Å². The molecule has 0 amide bonds. The van der Waals surface area contributed by atoms with E-state index in [4.69, 9.17) is 9.47 Å². The lowest BCUT2D eigenvalue weighted by Gasteiger charge is -2.21. The predicted octanol–water partition coefficient (Wildman–Crippen LogP) is 1.01. The van der Waals surface area contributed by atoms with Crippen molar-refractivity contribution in [1.29, 1.82) is 0 Å². The van der Waals surface area contributed by atoms with Crippen molar-refractivity contribution in [2.24, 2.45) is 0 Å². The van der Waals surface area contributed by atoms with E-state index in [1.165, 1.54) is 38.6 Å².